The maximum absolute atomic E-state index is 12.5. The van der Waals surface area contributed by atoms with Crippen molar-refractivity contribution in [3.05, 3.63) is 35.8 Å². The summed E-state index contributed by atoms with van der Waals surface area (Å²) in [5, 5.41) is 10.7. The number of aromatic nitrogens is 2. The van der Waals surface area contributed by atoms with Crippen LogP contribution in [0.15, 0.2) is 33.7 Å². The highest BCUT2D eigenvalue weighted by molar-refractivity contribution is 7.92. The summed E-state index contributed by atoms with van der Waals surface area (Å²) in [5.74, 6) is 2.17. The van der Waals surface area contributed by atoms with Crippen molar-refractivity contribution in [3.63, 3.8) is 0 Å². The van der Waals surface area contributed by atoms with Crippen molar-refractivity contribution in [1.82, 2.24) is 10.2 Å². The largest absolute Gasteiger partial charge is 0.465 e. The molecule has 3 rings (SSSR count). The first-order valence-electron chi connectivity index (χ1n) is 7.92. The molecule has 1 aliphatic rings. The molecule has 0 amide bonds. The van der Waals surface area contributed by atoms with Gasteiger partial charge >= 0.3 is 0 Å². The van der Waals surface area contributed by atoms with Crippen LogP contribution in [0.1, 0.15) is 43.6 Å². The lowest BCUT2D eigenvalue weighted by atomic mass is 10.0. The molecule has 0 bridgehead atoms. The SMILES string of the molecule is Cc1ccc(CNc2ccc(S(=O)(=O)C3CCCCC3)nn2)o1. The molecule has 1 fully saturated rings. The molecule has 2 heterocycles. The quantitative estimate of drug-likeness (QED) is 0.904. The lowest BCUT2D eigenvalue weighted by Crippen LogP contribution is -2.25. The van der Waals surface area contributed by atoms with E-state index in [1.165, 1.54) is 6.07 Å². The minimum absolute atomic E-state index is 0.0730. The Labute approximate surface area is 136 Å². The molecule has 1 aliphatic carbocycles. The summed E-state index contributed by atoms with van der Waals surface area (Å²) in [6.45, 7) is 2.37. The molecule has 23 heavy (non-hydrogen) atoms. The van der Waals surface area contributed by atoms with E-state index in [4.69, 9.17) is 4.42 Å². The van der Waals surface area contributed by atoms with E-state index in [9.17, 15) is 8.42 Å². The molecule has 0 spiro atoms. The summed E-state index contributed by atoms with van der Waals surface area (Å²) in [6.07, 6.45) is 4.51. The number of aryl methyl sites for hydroxylation is 1. The summed E-state index contributed by atoms with van der Waals surface area (Å²) in [5.41, 5.74) is 0. The van der Waals surface area contributed by atoms with Crippen molar-refractivity contribution in [3.8, 4) is 0 Å². The van der Waals surface area contributed by atoms with Gasteiger partial charge in [-0.05, 0) is 44.0 Å². The Balaban J connectivity index is 1.66. The zero-order valence-corrected chi connectivity index (χ0v) is 14.0. The molecule has 7 heteroatoms. The topological polar surface area (TPSA) is 85.1 Å². The number of hydrogen-bond donors (Lipinski definition) is 1. The second-order valence-electron chi connectivity index (χ2n) is 5.93. The van der Waals surface area contributed by atoms with Gasteiger partial charge in [0.2, 0.25) is 0 Å². The van der Waals surface area contributed by atoms with E-state index in [1.54, 1.807) is 6.07 Å². The smallest absolute Gasteiger partial charge is 0.200 e. The van der Waals surface area contributed by atoms with Crippen molar-refractivity contribution >= 4 is 15.7 Å². The van der Waals surface area contributed by atoms with Gasteiger partial charge in [-0.2, -0.15) is 0 Å². The minimum Gasteiger partial charge on any atom is -0.465 e. The van der Waals surface area contributed by atoms with E-state index >= 15 is 0 Å². The van der Waals surface area contributed by atoms with E-state index in [-0.39, 0.29) is 10.3 Å². The normalized spacial score (nSPS) is 16.4. The van der Waals surface area contributed by atoms with Crippen molar-refractivity contribution in [2.45, 2.75) is 55.8 Å². The maximum Gasteiger partial charge on any atom is 0.200 e. The molecular formula is C16H21N3O3S. The van der Waals surface area contributed by atoms with Gasteiger partial charge in [0, 0.05) is 0 Å². The average Bonchev–Trinajstić information content (AvgIpc) is 3.00. The van der Waals surface area contributed by atoms with Gasteiger partial charge in [0.25, 0.3) is 0 Å². The number of nitrogens with zero attached hydrogens (tertiary/aromatic N) is 2. The molecule has 0 aromatic carbocycles. The molecule has 6 nitrogen and oxygen atoms in total. The fourth-order valence-electron chi connectivity index (χ4n) is 2.87. The van der Waals surface area contributed by atoms with Crippen LogP contribution in [0.4, 0.5) is 5.82 Å². The lowest BCUT2D eigenvalue weighted by Gasteiger charge is -2.20. The molecule has 1 N–H and O–H groups in total. The van der Waals surface area contributed by atoms with Crippen molar-refractivity contribution in [2.24, 2.45) is 0 Å². The molecule has 0 saturated heterocycles. The Morgan fingerprint density at radius 2 is 1.91 bits per heavy atom. The van der Waals surface area contributed by atoms with Gasteiger partial charge in [-0.3, -0.25) is 0 Å². The average molecular weight is 335 g/mol. The predicted molar refractivity (Wildman–Crippen MR) is 86.9 cm³/mol. The summed E-state index contributed by atoms with van der Waals surface area (Å²) < 4.78 is 30.5. The third-order valence-electron chi connectivity index (χ3n) is 4.16. The van der Waals surface area contributed by atoms with Crippen molar-refractivity contribution in [1.29, 1.82) is 0 Å². The third-order valence-corrected chi connectivity index (χ3v) is 6.31. The molecular weight excluding hydrogens is 314 g/mol. The Morgan fingerprint density at radius 3 is 2.52 bits per heavy atom. The Morgan fingerprint density at radius 1 is 1.13 bits per heavy atom. The number of rotatable bonds is 5. The Bertz CT molecular complexity index is 747. The van der Waals surface area contributed by atoms with Crippen LogP contribution in [0, 0.1) is 6.92 Å². The first-order valence-corrected chi connectivity index (χ1v) is 9.47. The lowest BCUT2D eigenvalue weighted by molar-refractivity contribution is 0.481. The van der Waals surface area contributed by atoms with Crippen LogP contribution >= 0.6 is 0 Å². The molecule has 0 radical (unpaired) electrons. The van der Waals surface area contributed by atoms with E-state index in [0.717, 1.165) is 43.6 Å². The van der Waals surface area contributed by atoms with Crippen LogP contribution < -0.4 is 5.32 Å². The van der Waals surface area contributed by atoms with E-state index < -0.39 is 9.84 Å². The molecule has 0 atom stereocenters. The van der Waals surface area contributed by atoms with Crippen molar-refractivity contribution < 1.29 is 12.8 Å². The fourth-order valence-corrected chi connectivity index (χ4v) is 4.58. The van der Waals surface area contributed by atoms with Gasteiger partial charge in [-0.15, -0.1) is 10.2 Å². The highest BCUT2D eigenvalue weighted by Crippen LogP contribution is 2.27. The number of hydrogen-bond acceptors (Lipinski definition) is 6. The number of anilines is 1. The maximum atomic E-state index is 12.5. The molecule has 0 unspecified atom stereocenters. The van der Waals surface area contributed by atoms with Gasteiger partial charge in [0.05, 0.1) is 11.8 Å². The summed E-state index contributed by atoms with van der Waals surface area (Å²) >= 11 is 0. The monoisotopic (exact) mass is 335 g/mol. The highest BCUT2D eigenvalue weighted by Gasteiger charge is 2.30. The van der Waals surface area contributed by atoms with Crippen molar-refractivity contribution in [2.75, 3.05) is 5.32 Å². The van der Waals surface area contributed by atoms with E-state index in [2.05, 4.69) is 15.5 Å². The first-order chi connectivity index (χ1) is 11.1. The number of sulfone groups is 1. The van der Waals surface area contributed by atoms with Gasteiger partial charge in [0.1, 0.15) is 17.3 Å². The third kappa shape index (κ3) is 3.72. The molecule has 2 aromatic rings. The second-order valence-corrected chi connectivity index (χ2v) is 8.10. The van der Waals surface area contributed by atoms with Crippen LogP contribution in [-0.2, 0) is 16.4 Å². The summed E-state index contributed by atoms with van der Waals surface area (Å²) in [7, 11) is -3.36. The summed E-state index contributed by atoms with van der Waals surface area (Å²) in [6, 6.07) is 6.96. The summed E-state index contributed by atoms with van der Waals surface area (Å²) in [4.78, 5) is 0. The molecule has 1 saturated carbocycles. The van der Waals surface area contributed by atoms with E-state index in [1.807, 2.05) is 19.1 Å². The van der Waals surface area contributed by atoms with Gasteiger partial charge in [0.15, 0.2) is 14.9 Å². The molecule has 124 valence electrons. The van der Waals surface area contributed by atoms with Gasteiger partial charge < -0.3 is 9.73 Å². The van der Waals surface area contributed by atoms with Crippen LogP contribution in [0.25, 0.3) is 0 Å². The zero-order chi connectivity index (χ0) is 16.3. The zero-order valence-electron chi connectivity index (χ0n) is 13.2. The second kappa shape index (κ2) is 6.70. The van der Waals surface area contributed by atoms with Crippen LogP contribution in [0.3, 0.4) is 0 Å². The minimum atomic E-state index is -3.36. The Hall–Kier alpha value is -1.89. The van der Waals surface area contributed by atoms with Crippen LogP contribution in [0.5, 0.6) is 0 Å². The molecule has 0 aliphatic heterocycles. The number of furan rings is 1. The van der Waals surface area contributed by atoms with Gasteiger partial charge in [-0.25, -0.2) is 8.42 Å². The van der Waals surface area contributed by atoms with Crippen LogP contribution in [-0.4, -0.2) is 23.9 Å². The molecule has 2 aromatic heterocycles. The Kier molecular flexibility index (Phi) is 4.66. The number of nitrogens with one attached hydrogen (secondary N) is 1. The van der Waals surface area contributed by atoms with Gasteiger partial charge in [-0.1, -0.05) is 19.3 Å². The predicted octanol–water partition coefficient (Wildman–Crippen LogP) is 3.10. The fraction of sp³-hybridized carbons (Fsp3) is 0.500. The highest BCUT2D eigenvalue weighted by atomic mass is 32.2. The first kappa shape index (κ1) is 16.0. The standard InChI is InChI=1S/C16H21N3O3S/c1-12-7-8-13(22-12)11-17-15-9-10-16(19-18-15)23(20,21)14-5-3-2-4-6-14/h7-10,14H,2-6,11H2,1H3,(H,17,18). The van der Waals surface area contributed by atoms with E-state index in [0.29, 0.717) is 12.4 Å². The van der Waals surface area contributed by atoms with Crippen LogP contribution in [0.2, 0.25) is 0 Å².